The van der Waals surface area contributed by atoms with E-state index in [0.717, 1.165) is 31.6 Å². The summed E-state index contributed by atoms with van der Waals surface area (Å²) in [4.78, 5) is 7.35. The van der Waals surface area contributed by atoms with E-state index in [4.69, 9.17) is 4.98 Å². The summed E-state index contributed by atoms with van der Waals surface area (Å²) in [6.07, 6.45) is 5.39. The lowest BCUT2D eigenvalue weighted by atomic mass is 10.0. The third-order valence-corrected chi connectivity index (χ3v) is 5.33. The van der Waals surface area contributed by atoms with Gasteiger partial charge in [-0.2, -0.15) is 0 Å². The predicted molar refractivity (Wildman–Crippen MR) is 110 cm³/mol. The van der Waals surface area contributed by atoms with Gasteiger partial charge in [-0.15, -0.1) is 0 Å². The number of nitrogens with one attached hydrogen (secondary N) is 1. The molecule has 0 radical (unpaired) electrons. The summed E-state index contributed by atoms with van der Waals surface area (Å²) in [6, 6.07) is 20.1. The van der Waals surface area contributed by atoms with Crippen molar-refractivity contribution in [2.75, 3.05) is 24.5 Å². The predicted octanol–water partition coefficient (Wildman–Crippen LogP) is 4.40. The maximum atomic E-state index is 4.85. The van der Waals surface area contributed by atoms with E-state index in [1.54, 1.807) is 0 Å². The summed E-state index contributed by atoms with van der Waals surface area (Å²) in [5.74, 6) is 0. The average Bonchev–Trinajstić information content (AvgIpc) is 2.69. The molecule has 1 aromatic heterocycles. The van der Waals surface area contributed by atoms with Gasteiger partial charge in [0.2, 0.25) is 0 Å². The molecule has 134 valence electrons. The van der Waals surface area contributed by atoms with Gasteiger partial charge in [-0.25, -0.2) is 0 Å². The summed E-state index contributed by atoms with van der Waals surface area (Å²) >= 11 is 0. The van der Waals surface area contributed by atoms with Crippen LogP contribution >= 0.6 is 0 Å². The highest BCUT2D eigenvalue weighted by molar-refractivity contribution is 5.91. The highest BCUT2D eigenvalue weighted by Crippen LogP contribution is 2.28. The Morgan fingerprint density at radius 3 is 2.58 bits per heavy atom. The minimum atomic E-state index is 0.664. The molecule has 0 spiro atoms. The number of fused-ring (bicyclic) bond motifs is 1. The first-order valence-corrected chi connectivity index (χ1v) is 9.73. The van der Waals surface area contributed by atoms with Crippen molar-refractivity contribution in [2.45, 2.75) is 32.2 Å². The largest absolute Gasteiger partial charge is 0.370 e. The third kappa shape index (κ3) is 3.73. The second kappa shape index (κ2) is 7.88. The quantitative estimate of drug-likeness (QED) is 0.743. The molecule has 0 saturated carbocycles. The van der Waals surface area contributed by atoms with Crippen molar-refractivity contribution in [1.29, 1.82) is 0 Å². The van der Waals surface area contributed by atoms with Crippen molar-refractivity contribution in [2.24, 2.45) is 0 Å². The Morgan fingerprint density at radius 2 is 1.81 bits per heavy atom. The van der Waals surface area contributed by atoms with Gasteiger partial charge in [0, 0.05) is 30.7 Å². The maximum absolute atomic E-state index is 4.85. The van der Waals surface area contributed by atoms with Gasteiger partial charge in [0.15, 0.2) is 0 Å². The van der Waals surface area contributed by atoms with Crippen LogP contribution in [-0.2, 0) is 6.42 Å². The van der Waals surface area contributed by atoms with Crippen LogP contribution in [0.5, 0.6) is 0 Å². The van der Waals surface area contributed by atoms with Crippen molar-refractivity contribution < 1.29 is 0 Å². The molecule has 26 heavy (non-hydrogen) atoms. The Bertz CT molecular complexity index is 852. The molecule has 3 heteroatoms. The Kier molecular flexibility index (Phi) is 5.16. The number of piperidine rings is 1. The fourth-order valence-electron chi connectivity index (χ4n) is 3.99. The lowest BCUT2D eigenvalue weighted by Crippen LogP contribution is -2.42. The number of aromatic nitrogens is 1. The van der Waals surface area contributed by atoms with E-state index in [0.29, 0.717) is 6.04 Å². The molecular formula is C23H27N3. The van der Waals surface area contributed by atoms with Gasteiger partial charge in [0.05, 0.1) is 11.2 Å². The summed E-state index contributed by atoms with van der Waals surface area (Å²) in [5, 5.41) is 4.82. The maximum Gasteiger partial charge on any atom is 0.0935 e. The zero-order valence-electron chi connectivity index (χ0n) is 15.5. The molecule has 1 aliphatic heterocycles. The molecule has 4 rings (SSSR count). The van der Waals surface area contributed by atoms with Gasteiger partial charge >= 0.3 is 0 Å². The number of para-hydroxylation sites is 1. The zero-order valence-corrected chi connectivity index (χ0v) is 15.5. The normalized spacial score (nSPS) is 15.5. The van der Waals surface area contributed by atoms with Crippen molar-refractivity contribution in [3.05, 3.63) is 71.9 Å². The number of nitrogens with zero attached hydrogens (tertiary/aromatic N) is 2. The van der Waals surface area contributed by atoms with Gasteiger partial charge in [0.25, 0.3) is 0 Å². The summed E-state index contributed by atoms with van der Waals surface area (Å²) < 4.78 is 0. The van der Waals surface area contributed by atoms with E-state index in [9.17, 15) is 0 Å². The molecule has 0 amide bonds. The molecule has 2 aromatic carbocycles. The van der Waals surface area contributed by atoms with E-state index in [-0.39, 0.29) is 0 Å². The fraction of sp³-hybridized carbons (Fsp3) is 0.348. The fourth-order valence-corrected chi connectivity index (χ4v) is 3.99. The van der Waals surface area contributed by atoms with E-state index in [1.165, 1.54) is 35.0 Å². The van der Waals surface area contributed by atoms with Crippen LogP contribution in [0, 0.1) is 0 Å². The molecule has 0 atom stereocenters. The van der Waals surface area contributed by atoms with E-state index in [2.05, 4.69) is 71.7 Å². The van der Waals surface area contributed by atoms with Gasteiger partial charge in [0.1, 0.15) is 0 Å². The minimum Gasteiger partial charge on any atom is -0.370 e. The minimum absolute atomic E-state index is 0.664. The molecule has 2 heterocycles. The Labute approximate surface area is 156 Å². The second-order valence-electron chi connectivity index (χ2n) is 7.17. The van der Waals surface area contributed by atoms with Crippen LogP contribution in [-0.4, -0.2) is 30.7 Å². The van der Waals surface area contributed by atoms with Crippen LogP contribution in [0.15, 0.2) is 60.8 Å². The van der Waals surface area contributed by atoms with Crippen LogP contribution in [0.2, 0.25) is 0 Å². The van der Waals surface area contributed by atoms with E-state index in [1.807, 2.05) is 6.20 Å². The summed E-state index contributed by atoms with van der Waals surface area (Å²) in [7, 11) is 0. The molecule has 1 N–H and O–H groups in total. The number of hydrogen-bond donors (Lipinski definition) is 1. The first-order valence-electron chi connectivity index (χ1n) is 9.73. The Hall–Kier alpha value is -2.39. The van der Waals surface area contributed by atoms with Gasteiger partial charge < -0.3 is 10.2 Å². The van der Waals surface area contributed by atoms with Crippen LogP contribution < -0.4 is 10.2 Å². The van der Waals surface area contributed by atoms with Gasteiger partial charge in [-0.1, -0.05) is 49.4 Å². The van der Waals surface area contributed by atoms with Crippen LogP contribution in [0.3, 0.4) is 0 Å². The summed E-state index contributed by atoms with van der Waals surface area (Å²) in [6.45, 7) is 5.45. The molecule has 1 saturated heterocycles. The Balaban J connectivity index is 1.56. The standard InChI is InChI=1S/C23H27N3/c1-2-24-21-11-13-26(14-12-21)22-10-6-9-20-16-19(17-25-23(20)22)15-18-7-4-3-5-8-18/h3-10,16-17,21,24H,2,11-15H2,1H3. The van der Waals surface area contributed by atoms with Crippen molar-refractivity contribution in [1.82, 2.24) is 10.3 Å². The van der Waals surface area contributed by atoms with Crippen LogP contribution in [0.4, 0.5) is 5.69 Å². The first-order chi connectivity index (χ1) is 12.8. The molecular weight excluding hydrogens is 318 g/mol. The molecule has 0 bridgehead atoms. The van der Waals surface area contributed by atoms with Crippen molar-refractivity contribution in [3.63, 3.8) is 0 Å². The third-order valence-electron chi connectivity index (χ3n) is 5.33. The number of anilines is 1. The van der Waals surface area contributed by atoms with Crippen molar-refractivity contribution in [3.8, 4) is 0 Å². The van der Waals surface area contributed by atoms with Gasteiger partial charge in [-0.3, -0.25) is 4.98 Å². The second-order valence-corrected chi connectivity index (χ2v) is 7.17. The Morgan fingerprint density at radius 1 is 1.00 bits per heavy atom. The smallest absolute Gasteiger partial charge is 0.0935 e. The van der Waals surface area contributed by atoms with Crippen LogP contribution in [0.1, 0.15) is 30.9 Å². The van der Waals surface area contributed by atoms with Crippen molar-refractivity contribution >= 4 is 16.6 Å². The number of hydrogen-bond acceptors (Lipinski definition) is 3. The number of pyridine rings is 1. The average molecular weight is 345 g/mol. The molecule has 3 aromatic rings. The summed E-state index contributed by atoms with van der Waals surface area (Å²) in [5.41, 5.74) is 5.01. The SMILES string of the molecule is CCNC1CCN(c2cccc3cc(Cc4ccccc4)cnc23)CC1. The lowest BCUT2D eigenvalue weighted by molar-refractivity contribution is 0.424. The first kappa shape index (κ1) is 17.0. The monoisotopic (exact) mass is 345 g/mol. The topological polar surface area (TPSA) is 28.2 Å². The molecule has 0 aliphatic carbocycles. The molecule has 3 nitrogen and oxygen atoms in total. The lowest BCUT2D eigenvalue weighted by Gasteiger charge is -2.34. The highest BCUT2D eigenvalue weighted by atomic mass is 15.2. The number of benzene rings is 2. The van der Waals surface area contributed by atoms with Crippen LogP contribution in [0.25, 0.3) is 10.9 Å². The highest BCUT2D eigenvalue weighted by Gasteiger charge is 2.20. The van der Waals surface area contributed by atoms with Gasteiger partial charge in [-0.05, 0) is 49.1 Å². The van der Waals surface area contributed by atoms with E-state index < -0.39 is 0 Å². The molecule has 1 fully saturated rings. The number of rotatable bonds is 5. The zero-order chi connectivity index (χ0) is 17.8. The molecule has 0 unspecified atom stereocenters. The van der Waals surface area contributed by atoms with E-state index >= 15 is 0 Å². The molecule has 1 aliphatic rings.